The average molecular weight is 249 g/mol. The Labute approximate surface area is 106 Å². The smallest absolute Gasteiger partial charge is 0.137 e. The summed E-state index contributed by atoms with van der Waals surface area (Å²) in [6, 6.07) is 0. The molecule has 0 aliphatic rings. The maximum atomic E-state index is 11.0. The first-order valence-corrected chi connectivity index (χ1v) is 5.91. The van der Waals surface area contributed by atoms with Crippen molar-refractivity contribution in [2.75, 3.05) is 0 Å². The van der Waals surface area contributed by atoms with E-state index in [9.17, 15) is 5.11 Å². The second-order valence-electron chi connectivity index (χ2n) is 5.61. The minimum Gasteiger partial charge on any atom is -0.386 e. The summed E-state index contributed by atoms with van der Waals surface area (Å²) in [7, 11) is 0. The van der Waals surface area contributed by atoms with Gasteiger partial charge in [0.2, 0.25) is 0 Å². The van der Waals surface area contributed by atoms with Gasteiger partial charge >= 0.3 is 0 Å². The maximum Gasteiger partial charge on any atom is 0.137 e. The third-order valence-electron chi connectivity index (χ3n) is 3.29. The first-order chi connectivity index (χ1) is 8.41. The lowest BCUT2D eigenvalue weighted by atomic mass is 9.76. The normalized spacial score (nSPS) is 15.6. The quantitative estimate of drug-likeness (QED) is 0.876. The summed E-state index contributed by atoms with van der Waals surface area (Å²) in [4.78, 5) is 7.91. The molecule has 0 spiro atoms. The lowest BCUT2D eigenvalue weighted by Crippen LogP contribution is -2.49. The van der Waals surface area contributed by atoms with Crippen LogP contribution >= 0.6 is 0 Å². The maximum absolute atomic E-state index is 11.0. The molecule has 6 heteroatoms. The fourth-order valence-electron chi connectivity index (χ4n) is 1.79. The largest absolute Gasteiger partial charge is 0.386 e. The molecule has 2 heterocycles. The molecule has 6 nitrogen and oxygen atoms in total. The molecule has 2 aromatic rings. The fraction of sp³-hybridized carbons (Fsp3) is 0.583. The summed E-state index contributed by atoms with van der Waals surface area (Å²) >= 11 is 0. The van der Waals surface area contributed by atoms with Crippen molar-refractivity contribution in [3.63, 3.8) is 0 Å². The van der Waals surface area contributed by atoms with Gasteiger partial charge in [-0.05, 0) is 5.41 Å². The third kappa shape index (κ3) is 2.59. The lowest BCUT2D eigenvalue weighted by Gasteiger charge is -2.40. The van der Waals surface area contributed by atoms with Gasteiger partial charge in [-0.15, -0.1) is 0 Å². The highest BCUT2D eigenvalue weighted by Crippen LogP contribution is 2.33. The van der Waals surface area contributed by atoms with Crippen LogP contribution in [0.15, 0.2) is 31.4 Å². The van der Waals surface area contributed by atoms with E-state index < -0.39 is 5.60 Å². The van der Waals surface area contributed by atoms with Gasteiger partial charge in [0.25, 0.3) is 0 Å². The van der Waals surface area contributed by atoms with Gasteiger partial charge in [0, 0.05) is 12.4 Å². The first kappa shape index (κ1) is 12.8. The van der Waals surface area contributed by atoms with Crippen LogP contribution in [0.4, 0.5) is 0 Å². The van der Waals surface area contributed by atoms with Gasteiger partial charge in [-0.3, -0.25) is 0 Å². The Kier molecular flexibility index (Phi) is 3.21. The summed E-state index contributed by atoms with van der Waals surface area (Å²) in [5.41, 5.74) is -1.22. The summed E-state index contributed by atoms with van der Waals surface area (Å²) < 4.78 is 3.53. The van der Waals surface area contributed by atoms with Crippen molar-refractivity contribution in [2.45, 2.75) is 39.5 Å². The molecule has 0 aromatic carbocycles. The van der Waals surface area contributed by atoms with Crippen LogP contribution in [0.1, 0.15) is 20.8 Å². The van der Waals surface area contributed by atoms with Gasteiger partial charge in [-0.25, -0.2) is 14.6 Å². The molecule has 1 atom stereocenters. The summed E-state index contributed by atoms with van der Waals surface area (Å²) in [5.74, 6) is 0. The number of imidazole rings is 1. The highest BCUT2D eigenvalue weighted by atomic mass is 16.3. The Hall–Kier alpha value is -1.69. The van der Waals surface area contributed by atoms with Gasteiger partial charge < -0.3 is 9.67 Å². The minimum absolute atomic E-state index is 0.288. The molecule has 1 N–H and O–H groups in total. The van der Waals surface area contributed by atoms with E-state index in [1.807, 2.05) is 31.5 Å². The second kappa shape index (κ2) is 4.53. The molecule has 0 bridgehead atoms. The highest BCUT2D eigenvalue weighted by molar-refractivity contribution is 4.92. The molecule has 0 aliphatic carbocycles. The Balaban J connectivity index is 2.23. The molecule has 98 valence electrons. The topological polar surface area (TPSA) is 68.8 Å². The van der Waals surface area contributed by atoms with Crippen molar-refractivity contribution in [3.05, 3.63) is 31.4 Å². The van der Waals surface area contributed by atoms with Crippen molar-refractivity contribution in [3.8, 4) is 0 Å². The SMILES string of the molecule is CC(C)(C)C(O)(Cn1ccnc1)Cn1cncn1. The van der Waals surface area contributed by atoms with Crippen LogP contribution in [-0.4, -0.2) is 35.0 Å². The van der Waals surface area contributed by atoms with E-state index in [2.05, 4.69) is 15.1 Å². The van der Waals surface area contributed by atoms with Gasteiger partial charge in [0.15, 0.2) is 0 Å². The van der Waals surface area contributed by atoms with E-state index in [-0.39, 0.29) is 5.41 Å². The number of hydrogen-bond acceptors (Lipinski definition) is 4. The summed E-state index contributed by atoms with van der Waals surface area (Å²) in [6.07, 6.45) is 8.35. The van der Waals surface area contributed by atoms with Gasteiger partial charge in [0.1, 0.15) is 18.3 Å². The van der Waals surface area contributed by atoms with Crippen molar-refractivity contribution < 1.29 is 5.11 Å². The van der Waals surface area contributed by atoms with Crippen molar-refractivity contribution in [2.24, 2.45) is 5.41 Å². The number of aliphatic hydroxyl groups is 1. The highest BCUT2D eigenvalue weighted by Gasteiger charge is 2.41. The van der Waals surface area contributed by atoms with Crippen molar-refractivity contribution in [1.29, 1.82) is 0 Å². The average Bonchev–Trinajstić information content (AvgIpc) is 2.88. The summed E-state index contributed by atoms with van der Waals surface area (Å²) in [6.45, 7) is 6.91. The molecule has 0 amide bonds. The second-order valence-corrected chi connectivity index (χ2v) is 5.61. The predicted molar refractivity (Wildman–Crippen MR) is 66.7 cm³/mol. The van der Waals surface area contributed by atoms with E-state index in [1.165, 1.54) is 6.33 Å². The van der Waals surface area contributed by atoms with E-state index in [0.29, 0.717) is 13.1 Å². The van der Waals surface area contributed by atoms with Crippen LogP contribution in [0, 0.1) is 5.41 Å². The standard InChI is InChI=1S/C12H19N5O/c1-11(2,3)12(18,6-16-5-4-13-9-16)7-17-10-14-8-15-17/h4-5,8-10,18H,6-7H2,1-3H3. The molecule has 0 saturated carbocycles. The van der Waals surface area contributed by atoms with E-state index in [1.54, 1.807) is 23.5 Å². The van der Waals surface area contributed by atoms with Crippen LogP contribution in [-0.2, 0) is 13.1 Å². The van der Waals surface area contributed by atoms with Crippen LogP contribution in [0.2, 0.25) is 0 Å². The lowest BCUT2D eigenvalue weighted by molar-refractivity contribution is -0.0862. The molecule has 1 unspecified atom stereocenters. The molecule has 0 saturated heterocycles. The minimum atomic E-state index is -0.929. The Morgan fingerprint density at radius 2 is 1.89 bits per heavy atom. The van der Waals surface area contributed by atoms with E-state index in [4.69, 9.17) is 0 Å². The molecule has 0 radical (unpaired) electrons. The zero-order chi connectivity index (χ0) is 13.2. The first-order valence-electron chi connectivity index (χ1n) is 5.91. The number of nitrogens with zero attached hydrogens (tertiary/aromatic N) is 5. The van der Waals surface area contributed by atoms with Gasteiger partial charge in [0.05, 0.1) is 19.4 Å². The molecule has 2 rings (SSSR count). The van der Waals surface area contributed by atoms with E-state index in [0.717, 1.165) is 0 Å². The van der Waals surface area contributed by atoms with Crippen LogP contribution < -0.4 is 0 Å². The van der Waals surface area contributed by atoms with Crippen molar-refractivity contribution >= 4 is 0 Å². The fourth-order valence-corrected chi connectivity index (χ4v) is 1.79. The van der Waals surface area contributed by atoms with Crippen LogP contribution in [0.3, 0.4) is 0 Å². The van der Waals surface area contributed by atoms with Crippen LogP contribution in [0.25, 0.3) is 0 Å². The molecular formula is C12H19N5O. The molecule has 18 heavy (non-hydrogen) atoms. The third-order valence-corrected chi connectivity index (χ3v) is 3.29. The van der Waals surface area contributed by atoms with Crippen LogP contribution in [0.5, 0.6) is 0 Å². The zero-order valence-electron chi connectivity index (χ0n) is 11.0. The Bertz CT molecular complexity index is 433. The zero-order valence-corrected chi connectivity index (χ0v) is 11.0. The number of hydrogen-bond donors (Lipinski definition) is 1. The molecule has 0 fully saturated rings. The van der Waals surface area contributed by atoms with Gasteiger partial charge in [-0.1, -0.05) is 20.8 Å². The molecular weight excluding hydrogens is 230 g/mol. The predicted octanol–water partition coefficient (Wildman–Crippen LogP) is 0.952. The molecule has 0 aliphatic heterocycles. The molecule has 2 aromatic heterocycles. The monoisotopic (exact) mass is 249 g/mol. The number of aromatic nitrogens is 5. The summed E-state index contributed by atoms with van der Waals surface area (Å²) in [5, 5.41) is 15.0. The van der Waals surface area contributed by atoms with Gasteiger partial charge in [-0.2, -0.15) is 5.10 Å². The Morgan fingerprint density at radius 3 is 2.39 bits per heavy atom. The van der Waals surface area contributed by atoms with E-state index >= 15 is 0 Å². The Morgan fingerprint density at radius 1 is 1.11 bits per heavy atom. The number of rotatable bonds is 4. The van der Waals surface area contributed by atoms with Crippen molar-refractivity contribution in [1.82, 2.24) is 24.3 Å².